The van der Waals surface area contributed by atoms with E-state index in [0.717, 1.165) is 33.9 Å². The van der Waals surface area contributed by atoms with Crippen LogP contribution in [0.1, 0.15) is 38.8 Å². The van der Waals surface area contributed by atoms with Crippen LogP contribution >= 0.6 is 0 Å². The van der Waals surface area contributed by atoms with Gasteiger partial charge in [0, 0.05) is 52.6 Å². The predicted octanol–water partition coefficient (Wildman–Crippen LogP) is 5.56. The van der Waals surface area contributed by atoms with Crippen molar-refractivity contribution in [2.45, 2.75) is 38.5 Å². The SMILES string of the molecule is CC1(C)C2=N/C(=C3/C=CC(=N3)C(C)(C)c3cccc(c3O)-c3cccc1c3O)C=C2.[Zn]. The van der Waals surface area contributed by atoms with Gasteiger partial charge in [0.2, 0.25) is 0 Å². The molecule has 0 radical (unpaired) electrons. The summed E-state index contributed by atoms with van der Waals surface area (Å²) in [5.74, 6) is 0.334. The Labute approximate surface area is 195 Å². The van der Waals surface area contributed by atoms with E-state index in [2.05, 4.69) is 0 Å². The van der Waals surface area contributed by atoms with Crippen molar-refractivity contribution in [3.63, 3.8) is 0 Å². The van der Waals surface area contributed by atoms with Crippen molar-refractivity contribution < 1.29 is 29.7 Å². The minimum atomic E-state index is -0.523. The van der Waals surface area contributed by atoms with Gasteiger partial charge < -0.3 is 10.2 Å². The van der Waals surface area contributed by atoms with E-state index in [0.29, 0.717) is 11.1 Å². The van der Waals surface area contributed by atoms with Gasteiger partial charge in [0.15, 0.2) is 0 Å². The van der Waals surface area contributed by atoms with E-state index in [1.807, 2.05) is 88.4 Å². The second kappa shape index (κ2) is 7.13. The van der Waals surface area contributed by atoms with Crippen LogP contribution in [0.15, 0.2) is 82.1 Å². The van der Waals surface area contributed by atoms with E-state index in [-0.39, 0.29) is 31.0 Å². The number of hydrogen-bond donors (Lipinski definition) is 2. The van der Waals surface area contributed by atoms with Gasteiger partial charge in [-0.05, 0) is 24.3 Å². The van der Waals surface area contributed by atoms with Crippen LogP contribution in [-0.2, 0) is 30.3 Å². The molecule has 0 fully saturated rings. The fourth-order valence-electron chi connectivity index (χ4n) is 4.51. The molecule has 5 heteroatoms. The summed E-state index contributed by atoms with van der Waals surface area (Å²) in [6, 6.07) is 11.4. The molecule has 3 aliphatic rings. The molecule has 3 heterocycles. The minimum absolute atomic E-state index is 0. The zero-order valence-corrected chi connectivity index (χ0v) is 21.2. The first-order valence-corrected chi connectivity index (χ1v) is 10.2. The van der Waals surface area contributed by atoms with Gasteiger partial charge >= 0.3 is 0 Å². The number of allylic oxidation sites excluding steroid dienone is 4. The zero-order chi connectivity index (χ0) is 21.3. The second-order valence-corrected chi connectivity index (χ2v) is 9.08. The Hall–Kier alpha value is -2.78. The van der Waals surface area contributed by atoms with Crippen molar-refractivity contribution in [1.29, 1.82) is 0 Å². The predicted molar refractivity (Wildman–Crippen MR) is 121 cm³/mol. The summed E-state index contributed by atoms with van der Waals surface area (Å²) < 4.78 is 0. The summed E-state index contributed by atoms with van der Waals surface area (Å²) in [4.78, 5) is 9.72. The van der Waals surface area contributed by atoms with Crippen LogP contribution in [0.3, 0.4) is 0 Å². The van der Waals surface area contributed by atoms with E-state index in [1.165, 1.54) is 0 Å². The van der Waals surface area contributed by atoms with E-state index >= 15 is 0 Å². The first kappa shape index (κ1) is 21.5. The number of phenolic OH excluding ortho intramolecular Hbond substituents is 2. The maximum atomic E-state index is 11.3. The van der Waals surface area contributed by atoms with Gasteiger partial charge in [0.1, 0.15) is 11.5 Å². The monoisotopic (exact) mass is 460 g/mol. The molecule has 4 nitrogen and oxygen atoms in total. The third kappa shape index (κ3) is 3.06. The number of hydrogen-bond acceptors (Lipinski definition) is 4. The third-order valence-electron chi connectivity index (χ3n) is 6.53. The van der Waals surface area contributed by atoms with Gasteiger partial charge in [-0.15, -0.1) is 0 Å². The van der Waals surface area contributed by atoms with Crippen LogP contribution in [0.2, 0.25) is 0 Å². The topological polar surface area (TPSA) is 65.2 Å². The number of rotatable bonds is 0. The van der Waals surface area contributed by atoms with Gasteiger partial charge in [-0.2, -0.15) is 0 Å². The number of phenols is 2. The second-order valence-electron chi connectivity index (χ2n) is 9.08. The van der Waals surface area contributed by atoms with Crippen molar-refractivity contribution in [1.82, 2.24) is 0 Å². The third-order valence-corrected chi connectivity index (χ3v) is 6.53. The summed E-state index contributed by atoms with van der Waals surface area (Å²) in [7, 11) is 0. The van der Waals surface area contributed by atoms with Gasteiger partial charge in [0.05, 0.1) is 22.8 Å². The maximum Gasteiger partial charge on any atom is 0.127 e. The molecule has 2 aromatic carbocycles. The van der Waals surface area contributed by atoms with E-state index in [4.69, 9.17) is 9.98 Å². The number of fused-ring (bicyclic) bond motifs is 7. The zero-order valence-electron chi connectivity index (χ0n) is 18.3. The molecule has 0 aromatic heterocycles. The van der Waals surface area contributed by atoms with Crippen LogP contribution in [0, 0.1) is 0 Å². The summed E-state index contributed by atoms with van der Waals surface area (Å²) in [6.07, 6.45) is 7.96. The molecular formula is C26H24N2O2Zn. The van der Waals surface area contributed by atoms with E-state index in [9.17, 15) is 10.2 Å². The van der Waals surface area contributed by atoms with Crippen molar-refractivity contribution >= 4 is 11.4 Å². The van der Waals surface area contributed by atoms with Crippen LogP contribution < -0.4 is 0 Å². The van der Waals surface area contributed by atoms with Gasteiger partial charge in [-0.25, -0.2) is 0 Å². The minimum Gasteiger partial charge on any atom is -0.507 e. The summed E-state index contributed by atoms with van der Waals surface area (Å²) >= 11 is 0. The molecule has 0 aliphatic carbocycles. The number of aromatic hydroxyl groups is 2. The normalized spacial score (nSPS) is 21.8. The van der Waals surface area contributed by atoms with Crippen molar-refractivity contribution in [2.24, 2.45) is 9.98 Å². The van der Waals surface area contributed by atoms with Gasteiger partial charge in [-0.1, -0.05) is 64.1 Å². The van der Waals surface area contributed by atoms with Crippen LogP contribution in [0.5, 0.6) is 11.5 Å². The molecule has 0 amide bonds. The Morgan fingerprint density at radius 3 is 1.39 bits per heavy atom. The van der Waals surface area contributed by atoms with Crippen molar-refractivity contribution in [3.8, 4) is 22.6 Å². The maximum absolute atomic E-state index is 11.3. The molecule has 2 aromatic rings. The fraction of sp³-hybridized carbons (Fsp3) is 0.231. The molecule has 0 saturated carbocycles. The Kier molecular flexibility index (Phi) is 4.94. The quantitative estimate of drug-likeness (QED) is 0.504. The molecular weight excluding hydrogens is 438 g/mol. The molecule has 31 heavy (non-hydrogen) atoms. The molecule has 0 saturated heterocycles. The average molecular weight is 462 g/mol. The van der Waals surface area contributed by atoms with Crippen LogP contribution in [0.25, 0.3) is 11.1 Å². The molecule has 152 valence electrons. The van der Waals surface area contributed by atoms with Crippen LogP contribution in [0.4, 0.5) is 0 Å². The van der Waals surface area contributed by atoms with Gasteiger partial charge in [-0.3, -0.25) is 9.98 Å². The molecule has 0 atom stereocenters. The number of benzene rings is 2. The number of para-hydroxylation sites is 2. The molecule has 2 N–H and O–H groups in total. The standard InChI is InChI=1S/C26H24N2O2.Zn/c1-25(2)17-9-5-7-15(23(17)29)16-8-6-10-18(24(16)30)26(3,4)22-14-12-20(28-22)19-11-13-21(25)27-19;/h5-14,29-30H,1-4H3;/b20-19-;. The Morgan fingerprint density at radius 1 is 0.613 bits per heavy atom. The van der Waals surface area contributed by atoms with Crippen molar-refractivity contribution in [3.05, 3.63) is 83.2 Å². The largest absolute Gasteiger partial charge is 0.507 e. The van der Waals surface area contributed by atoms with E-state index in [1.54, 1.807) is 0 Å². The first-order chi connectivity index (χ1) is 14.2. The summed E-state index contributed by atoms with van der Waals surface area (Å²) in [6.45, 7) is 8.19. The summed E-state index contributed by atoms with van der Waals surface area (Å²) in [5, 5.41) is 22.5. The Bertz CT molecular complexity index is 1160. The number of aliphatic imine (C=N–C) groups is 2. The fourth-order valence-corrected chi connectivity index (χ4v) is 4.51. The van der Waals surface area contributed by atoms with Crippen LogP contribution in [-0.4, -0.2) is 21.6 Å². The number of nitrogens with zero attached hydrogens (tertiary/aromatic N) is 2. The molecule has 5 rings (SSSR count). The Morgan fingerprint density at radius 2 is 1.00 bits per heavy atom. The first-order valence-electron chi connectivity index (χ1n) is 10.2. The van der Waals surface area contributed by atoms with E-state index < -0.39 is 10.8 Å². The molecule has 0 unspecified atom stereocenters. The molecule has 8 bridgehead atoms. The van der Waals surface area contributed by atoms with Gasteiger partial charge in [0.25, 0.3) is 0 Å². The molecule has 3 aliphatic heterocycles. The summed E-state index contributed by atoms with van der Waals surface area (Å²) in [5.41, 5.74) is 5.05. The Balaban J connectivity index is 0.00000231. The smallest absolute Gasteiger partial charge is 0.127 e. The average Bonchev–Trinajstić information content (AvgIpc) is 3.38. The van der Waals surface area contributed by atoms with Crippen molar-refractivity contribution in [2.75, 3.05) is 0 Å². The molecule has 0 spiro atoms.